The van der Waals surface area contributed by atoms with Gasteiger partial charge >= 0.3 is 0 Å². The molecule has 0 atom stereocenters. The van der Waals surface area contributed by atoms with E-state index in [0.717, 1.165) is 15.6 Å². The van der Waals surface area contributed by atoms with Crippen LogP contribution in [0.3, 0.4) is 0 Å². The summed E-state index contributed by atoms with van der Waals surface area (Å²) in [6.07, 6.45) is 0.116. The van der Waals surface area contributed by atoms with Crippen molar-refractivity contribution in [3.05, 3.63) is 58.8 Å². The zero-order valence-electron chi connectivity index (χ0n) is 12.8. The van der Waals surface area contributed by atoms with Crippen molar-refractivity contribution in [1.29, 1.82) is 0 Å². The van der Waals surface area contributed by atoms with Crippen LogP contribution in [-0.2, 0) is 0 Å². The van der Waals surface area contributed by atoms with Crippen molar-refractivity contribution in [3.63, 3.8) is 0 Å². The molecule has 3 aromatic rings. The molecular formula is C18H16BrNO3. The lowest BCUT2D eigenvalue weighted by molar-refractivity contribution is 0.0998. The quantitative estimate of drug-likeness (QED) is 0.680. The second kappa shape index (κ2) is 6.46. The summed E-state index contributed by atoms with van der Waals surface area (Å²) in [6, 6.07) is 14.6. The first-order chi connectivity index (χ1) is 11.0. The second-order valence-corrected chi connectivity index (χ2v) is 6.35. The van der Waals surface area contributed by atoms with Crippen LogP contribution in [0.1, 0.15) is 24.4 Å². The van der Waals surface area contributed by atoms with Gasteiger partial charge in [-0.1, -0.05) is 15.9 Å². The van der Waals surface area contributed by atoms with Crippen LogP contribution >= 0.6 is 15.9 Å². The van der Waals surface area contributed by atoms with Crippen molar-refractivity contribution in [2.75, 3.05) is 5.32 Å². The average molecular weight is 374 g/mol. The Morgan fingerprint density at radius 1 is 1.13 bits per heavy atom. The lowest BCUT2D eigenvalue weighted by Gasteiger charge is -2.10. The molecule has 1 N–H and O–H groups in total. The van der Waals surface area contributed by atoms with Gasteiger partial charge in [-0.15, -0.1) is 0 Å². The number of nitrogens with one attached hydrogen (secondary N) is 1. The number of amides is 1. The van der Waals surface area contributed by atoms with Crippen LogP contribution in [0.25, 0.3) is 11.0 Å². The van der Waals surface area contributed by atoms with Crippen molar-refractivity contribution < 1.29 is 13.9 Å². The average Bonchev–Trinajstić information content (AvgIpc) is 2.92. The lowest BCUT2D eigenvalue weighted by atomic mass is 10.2. The van der Waals surface area contributed by atoms with Gasteiger partial charge in [-0.25, -0.2) is 0 Å². The van der Waals surface area contributed by atoms with E-state index < -0.39 is 0 Å². The molecule has 0 aliphatic rings. The molecule has 0 saturated heterocycles. The maximum atomic E-state index is 12.3. The van der Waals surface area contributed by atoms with E-state index >= 15 is 0 Å². The van der Waals surface area contributed by atoms with Gasteiger partial charge in [0.1, 0.15) is 11.3 Å². The van der Waals surface area contributed by atoms with Crippen molar-refractivity contribution in [3.8, 4) is 5.75 Å². The molecule has 2 aromatic carbocycles. The number of benzene rings is 2. The topological polar surface area (TPSA) is 51.5 Å². The summed E-state index contributed by atoms with van der Waals surface area (Å²) in [5, 5.41) is 3.69. The monoisotopic (exact) mass is 373 g/mol. The number of ether oxygens (including phenoxy) is 1. The standard InChI is InChI=1S/C18H16BrNO3/c1-11(2)22-15-6-4-14(5-7-15)20-18(21)17-10-12-9-13(19)3-8-16(12)23-17/h3-11H,1-2H3,(H,20,21). The second-order valence-electron chi connectivity index (χ2n) is 5.44. The van der Waals surface area contributed by atoms with E-state index in [1.165, 1.54) is 0 Å². The highest BCUT2D eigenvalue weighted by molar-refractivity contribution is 9.10. The van der Waals surface area contributed by atoms with Crippen LogP contribution in [0.5, 0.6) is 5.75 Å². The Morgan fingerprint density at radius 3 is 2.57 bits per heavy atom. The van der Waals surface area contributed by atoms with Crippen LogP contribution in [0, 0.1) is 0 Å². The third kappa shape index (κ3) is 3.74. The molecule has 0 aliphatic carbocycles. The van der Waals surface area contributed by atoms with Gasteiger partial charge in [0.15, 0.2) is 5.76 Å². The van der Waals surface area contributed by atoms with Gasteiger partial charge in [0.2, 0.25) is 0 Å². The van der Waals surface area contributed by atoms with Gasteiger partial charge in [0.25, 0.3) is 5.91 Å². The highest BCUT2D eigenvalue weighted by Gasteiger charge is 2.13. The number of halogens is 1. The Morgan fingerprint density at radius 2 is 1.87 bits per heavy atom. The van der Waals surface area contributed by atoms with Gasteiger partial charge in [-0.05, 0) is 62.4 Å². The fourth-order valence-corrected chi connectivity index (χ4v) is 2.59. The molecular weight excluding hydrogens is 358 g/mol. The molecule has 0 radical (unpaired) electrons. The number of hydrogen-bond donors (Lipinski definition) is 1. The summed E-state index contributed by atoms with van der Waals surface area (Å²) in [5.74, 6) is 0.766. The Hall–Kier alpha value is -2.27. The molecule has 23 heavy (non-hydrogen) atoms. The summed E-state index contributed by atoms with van der Waals surface area (Å²) in [4.78, 5) is 12.3. The molecule has 3 rings (SSSR count). The molecule has 1 amide bonds. The molecule has 0 bridgehead atoms. The molecule has 0 aliphatic heterocycles. The maximum absolute atomic E-state index is 12.3. The summed E-state index contributed by atoms with van der Waals surface area (Å²) in [5.41, 5.74) is 1.37. The van der Waals surface area contributed by atoms with Gasteiger partial charge in [-0.3, -0.25) is 4.79 Å². The molecule has 1 aromatic heterocycles. The lowest BCUT2D eigenvalue weighted by Crippen LogP contribution is -2.11. The molecule has 0 saturated carbocycles. The van der Waals surface area contributed by atoms with Crippen molar-refractivity contribution in [2.24, 2.45) is 0 Å². The van der Waals surface area contributed by atoms with Gasteiger partial charge < -0.3 is 14.5 Å². The molecule has 0 spiro atoms. The molecule has 0 fully saturated rings. The number of furan rings is 1. The van der Waals surface area contributed by atoms with Gasteiger partial charge in [0, 0.05) is 15.5 Å². The number of carbonyl (C=O) groups excluding carboxylic acids is 1. The van der Waals surface area contributed by atoms with Crippen LogP contribution in [0.4, 0.5) is 5.69 Å². The van der Waals surface area contributed by atoms with Crippen molar-refractivity contribution in [1.82, 2.24) is 0 Å². The van der Waals surface area contributed by atoms with Crippen LogP contribution in [-0.4, -0.2) is 12.0 Å². The van der Waals surface area contributed by atoms with E-state index in [1.807, 2.05) is 44.2 Å². The largest absolute Gasteiger partial charge is 0.491 e. The summed E-state index contributed by atoms with van der Waals surface area (Å²) >= 11 is 3.40. The zero-order valence-corrected chi connectivity index (χ0v) is 14.4. The van der Waals surface area contributed by atoms with Gasteiger partial charge in [-0.2, -0.15) is 0 Å². The predicted octanol–water partition coefficient (Wildman–Crippen LogP) is 5.23. The molecule has 0 unspecified atom stereocenters. The number of fused-ring (bicyclic) bond motifs is 1. The SMILES string of the molecule is CC(C)Oc1ccc(NC(=O)c2cc3cc(Br)ccc3o2)cc1. The fraction of sp³-hybridized carbons (Fsp3) is 0.167. The first-order valence-electron chi connectivity index (χ1n) is 7.28. The third-order valence-electron chi connectivity index (χ3n) is 3.19. The number of carbonyl (C=O) groups is 1. The number of hydrogen-bond acceptors (Lipinski definition) is 3. The van der Waals surface area contributed by atoms with E-state index in [4.69, 9.17) is 9.15 Å². The minimum absolute atomic E-state index is 0.116. The minimum Gasteiger partial charge on any atom is -0.491 e. The van der Waals surface area contributed by atoms with Crippen LogP contribution in [0.2, 0.25) is 0 Å². The third-order valence-corrected chi connectivity index (χ3v) is 3.68. The molecule has 118 valence electrons. The fourth-order valence-electron chi connectivity index (χ4n) is 2.21. The molecule has 1 heterocycles. The Labute approximate surface area is 142 Å². The Bertz CT molecular complexity index is 837. The highest BCUT2D eigenvalue weighted by atomic mass is 79.9. The van der Waals surface area contributed by atoms with Crippen LogP contribution < -0.4 is 10.1 Å². The summed E-state index contributed by atoms with van der Waals surface area (Å²) in [6.45, 7) is 3.94. The maximum Gasteiger partial charge on any atom is 0.291 e. The van der Waals surface area contributed by atoms with E-state index in [9.17, 15) is 4.79 Å². The predicted molar refractivity (Wildman–Crippen MR) is 94.1 cm³/mol. The Kier molecular flexibility index (Phi) is 4.39. The van der Waals surface area contributed by atoms with Gasteiger partial charge in [0.05, 0.1) is 6.10 Å². The molecule has 5 heteroatoms. The zero-order chi connectivity index (χ0) is 16.4. The smallest absolute Gasteiger partial charge is 0.291 e. The summed E-state index contributed by atoms with van der Waals surface area (Å²) < 4.78 is 12.1. The van der Waals surface area contributed by atoms with Crippen molar-refractivity contribution in [2.45, 2.75) is 20.0 Å². The minimum atomic E-state index is -0.283. The summed E-state index contributed by atoms with van der Waals surface area (Å²) in [7, 11) is 0. The first kappa shape index (κ1) is 15.6. The van der Waals surface area contributed by atoms with Crippen molar-refractivity contribution >= 4 is 38.5 Å². The first-order valence-corrected chi connectivity index (χ1v) is 8.08. The number of rotatable bonds is 4. The number of anilines is 1. The van der Waals surface area contributed by atoms with E-state index in [2.05, 4.69) is 21.2 Å². The van der Waals surface area contributed by atoms with E-state index in [1.54, 1.807) is 18.2 Å². The normalized spacial score (nSPS) is 11.0. The van der Waals surface area contributed by atoms with Crippen LogP contribution in [0.15, 0.2) is 57.4 Å². The van der Waals surface area contributed by atoms with E-state index in [-0.39, 0.29) is 17.8 Å². The Balaban J connectivity index is 1.74. The van der Waals surface area contributed by atoms with E-state index in [0.29, 0.717) is 11.3 Å². The molecule has 4 nitrogen and oxygen atoms in total. The highest BCUT2D eigenvalue weighted by Crippen LogP contribution is 2.24.